The summed E-state index contributed by atoms with van der Waals surface area (Å²) in [5, 5.41) is 0. The first kappa shape index (κ1) is 16.6. The molecule has 1 atom stereocenters. The third kappa shape index (κ3) is 4.63. The maximum absolute atomic E-state index is 13.3. The lowest BCUT2D eigenvalue weighted by molar-refractivity contribution is -0.119. The zero-order valence-electron chi connectivity index (χ0n) is 13.1. The summed E-state index contributed by atoms with van der Waals surface area (Å²) in [5.41, 5.74) is 0.732. The van der Waals surface area contributed by atoms with Gasteiger partial charge in [0.15, 0.2) is 17.4 Å². The van der Waals surface area contributed by atoms with Crippen LogP contribution in [0.15, 0.2) is 30.5 Å². The molecule has 1 saturated heterocycles. The van der Waals surface area contributed by atoms with Crippen LogP contribution in [0.1, 0.15) is 18.4 Å². The maximum atomic E-state index is 13.3. The number of benzene rings is 1. The van der Waals surface area contributed by atoms with Gasteiger partial charge in [-0.25, -0.2) is 8.78 Å². The minimum atomic E-state index is -0.829. The Kier molecular flexibility index (Phi) is 5.66. The normalized spacial score (nSPS) is 19.5. The molecule has 22 heavy (non-hydrogen) atoms. The van der Waals surface area contributed by atoms with Crippen molar-refractivity contribution in [3.63, 3.8) is 0 Å². The Morgan fingerprint density at radius 2 is 2.14 bits per heavy atom. The molecule has 1 aliphatic heterocycles. The first-order valence-electron chi connectivity index (χ1n) is 7.50. The van der Waals surface area contributed by atoms with E-state index >= 15 is 0 Å². The van der Waals surface area contributed by atoms with Gasteiger partial charge in [0, 0.05) is 39.3 Å². The fourth-order valence-electron chi connectivity index (χ4n) is 2.69. The van der Waals surface area contributed by atoms with Gasteiger partial charge < -0.3 is 4.90 Å². The number of piperidine rings is 1. The third-order valence-electron chi connectivity index (χ3n) is 3.84. The number of rotatable bonds is 5. The monoisotopic (exact) mass is 308 g/mol. The van der Waals surface area contributed by atoms with Crippen LogP contribution < -0.4 is 0 Å². The van der Waals surface area contributed by atoms with Crippen molar-refractivity contribution in [2.24, 2.45) is 5.92 Å². The van der Waals surface area contributed by atoms with E-state index in [0.717, 1.165) is 31.0 Å². The first-order chi connectivity index (χ1) is 10.5. The molecule has 120 valence electrons. The van der Waals surface area contributed by atoms with Gasteiger partial charge in [0.25, 0.3) is 0 Å². The lowest BCUT2D eigenvalue weighted by Crippen LogP contribution is -2.37. The van der Waals surface area contributed by atoms with Gasteiger partial charge in [-0.2, -0.15) is 0 Å². The number of carbonyl (C=O) groups excluding carboxylic acids is 1. The molecule has 0 aliphatic carbocycles. The van der Waals surface area contributed by atoms with Crippen molar-refractivity contribution in [1.29, 1.82) is 0 Å². The molecule has 0 bridgehead atoms. The number of carbonyl (C=O) groups is 1. The SMILES string of the molecule is CN(C)/C=C/C(=O)[C@H]1CCCN(Cc2ccc(F)c(F)c2)C1. The van der Waals surface area contributed by atoms with Gasteiger partial charge in [-0.15, -0.1) is 0 Å². The molecular formula is C17H22F2N2O. The highest BCUT2D eigenvalue weighted by molar-refractivity contribution is 5.91. The van der Waals surface area contributed by atoms with Crippen LogP contribution in [0.5, 0.6) is 0 Å². The summed E-state index contributed by atoms with van der Waals surface area (Å²) in [6.07, 6.45) is 5.20. The van der Waals surface area contributed by atoms with E-state index in [2.05, 4.69) is 4.90 Å². The second-order valence-electron chi connectivity index (χ2n) is 6.00. The number of likely N-dealkylation sites (tertiary alicyclic amines) is 1. The molecule has 1 fully saturated rings. The summed E-state index contributed by atoms with van der Waals surface area (Å²) in [6.45, 7) is 2.08. The van der Waals surface area contributed by atoms with Gasteiger partial charge in [-0.1, -0.05) is 6.07 Å². The largest absolute Gasteiger partial charge is 0.383 e. The van der Waals surface area contributed by atoms with Crippen LogP contribution in [-0.4, -0.2) is 42.8 Å². The molecule has 1 heterocycles. The lowest BCUT2D eigenvalue weighted by atomic mass is 9.93. The number of hydrogen-bond acceptors (Lipinski definition) is 3. The highest BCUT2D eigenvalue weighted by atomic mass is 19.2. The number of ketones is 1. The molecule has 0 amide bonds. The van der Waals surface area contributed by atoms with Crippen LogP contribution in [0.4, 0.5) is 8.78 Å². The Labute approximate surface area is 130 Å². The molecule has 0 unspecified atom stereocenters. The molecule has 0 radical (unpaired) electrons. The smallest absolute Gasteiger partial charge is 0.161 e. The van der Waals surface area contributed by atoms with Crippen molar-refractivity contribution in [2.75, 3.05) is 27.2 Å². The Morgan fingerprint density at radius 3 is 2.82 bits per heavy atom. The second-order valence-corrected chi connectivity index (χ2v) is 6.00. The van der Waals surface area contributed by atoms with Crippen molar-refractivity contribution in [1.82, 2.24) is 9.80 Å². The van der Waals surface area contributed by atoms with Crippen molar-refractivity contribution in [3.05, 3.63) is 47.7 Å². The molecule has 0 aromatic heterocycles. The van der Waals surface area contributed by atoms with E-state index in [1.165, 1.54) is 6.07 Å². The van der Waals surface area contributed by atoms with Gasteiger partial charge in [0.1, 0.15) is 0 Å². The van der Waals surface area contributed by atoms with E-state index in [1.54, 1.807) is 18.3 Å². The third-order valence-corrected chi connectivity index (χ3v) is 3.84. The molecule has 1 aliphatic rings. The predicted octanol–water partition coefficient (Wildman–Crippen LogP) is 2.82. The maximum Gasteiger partial charge on any atom is 0.161 e. The van der Waals surface area contributed by atoms with Gasteiger partial charge in [0.2, 0.25) is 0 Å². The van der Waals surface area contributed by atoms with Crippen molar-refractivity contribution in [3.8, 4) is 0 Å². The van der Waals surface area contributed by atoms with Crippen molar-refractivity contribution in [2.45, 2.75) is 19.4 Å². The van der Waals surface area contributed by atoms with Crippen LogP contribution in [0.2, 0.25) is 0 Å². The van der Waals surface area contributed by atoms with E-state index in [9.17, 15) is 13.6 Å². The fraction of sp³-hybridized carbons (Fsp3) is 0.471. The molecule has 1 aromatic rings. The summed E-state index contributed by atoms with van der Waals surface area (Å²) in [7, 11) is 3.75. The highest BCUT2D eigenvalue weighted by Gasteiger charge is 2.24. The standard InChI is InChI=1S/C17H22F2N2O/c1-20(2)9-7-17(22)14-4-3-8-21(12-14)11-13-5-6-15(18)16(19)10-13/h5-7,9-10,14H,3-4,8,11-12H2,1-2H3/b9-7+/t14-/m0/s1. The first-order valence-corrected chi connectivity index (χ1v) is 7.50. The van der Waals surface area contributed by atoms with Crippen molar-refractivity contribution < 1.29 is 13.6 Å². The zero-order valence-corrected chi connectivity index (χ0v) is 13.1. The minimum Gasteiger partial charge on any atom is -0.383 e. The molecule has 0 N–H and O–H groups in total. The number of halogens is 2. The Balaban J connectivity index is 1.95. The molecule has 0 saturated carbocycles. The Morgan fingerprint density at radius 1 is 1.36 bits per heavy atom. The van der Waals surface area contributed by atoms with Crippen LogP contribution >= 0.6 is 0 Å². The summed E-state index contributed by atoms with van der Waals surface area (Å²) in [4.78, 5) is 16.1. The Bertz CT molecular complexity index is 558. The van der Waals surface area contributed by atoms with Gasteiger partial charge in [-0.05, 0) is 43.2 Å². The average molecular weight is 308 g/mol. The predicted molar refractivity (Wildman–Crippen MR) is 82.2 cm³/mol. The van der Waals surface area contributed by atoms with Crippen LogP contribution in [0, 0.1) is 17.6 Å². The molecule has 2 rings (SSSR count). The van der Waals surface area contributed by atoms with Gasteiger partial charge in [-0.3, -0.25) is 9.69 Å². The van der Waals surface area contributed by atoms with Crippen molar-refractivity contribution >= 4 is 5.78 Å². The van der Waals surface area contributed by atoms with Crippen LogP contribution in [0.25, 0.3) is 0 Å². The highest BCUT2D eigenvalue weighted by Crippen LogP contribution is 2.20. The minimum absolute atomic E-state index is 0.0183. The number of nitrogens with zero attached hydrogens (tertiary/aromatic N) is 2. The van der Waals surface area contributed by atoms with Crippen LogP contribution in [-0.2, 0) is 11.3 Å². The van der Waals surface area contributed by atoms with Gasteiger partial charge >= 0.3 is 0 Å². The second kappa shape index (κ2) is 7.49. The summed E-state index contributed by atoms with van der Waals surface area (Å²) in [5.74, 6) is -1.54. The summed E-state index contributed by atoms with van der Waals surface area (Å²) >= 11 is 0. The summed E-state index contributed by atoms with van der Waals surface area (Å²) in [6, 6.07) is 3.97. The molecule has 1 aromatic carbocycles. The molecule has 0 spiro atoms. The Hall–Kier alpha value is -1.75. The number of hydrogen-bond donors (Lipinski definition) is 0. The molecule has 5 heteroatoms. The van der Waals surface area contributed by atoms with E-state index in [1.807, 2.05) is 19.0 Å². The fourth-order valence-corrected chi connectivity index (χ4v) is 2.69. The molecule has 3 nitrogen and oxygen atoms in total. The van der Waals surface area contributed by atoms with Crippen LogP contribution in [0.3, 0.4) is 0 Å². The topological polar surface area (TPSA) is 23.6 Å². The van der Waals surface area contributed by atoms with E-state index in [0.29, 0.717) is 13.1 Å². The summed E-state index contributed by atoms with van der Waals surface area (Å²) < 4.78 is 26.2. The average Bonchev–Trinajstić information content (AvgIpc) is 2.49. The van der Waals surface area contributed by atoms with E-state index in [4.69, 9.17) is 0 Å². The molecular weight excluding hydrogens is 286 g/mol. The quantitative estimate of drug-likeness (QED) is 0.782. The van der Waals surface area contributed by atoms with E-state index in [-0.39, 0.29) is 11.7 Å². The lowest BCUT2D eigenvalue weighted by Gasteiger charge is -2.31. The zero-order chi connectivity index (χ0) is 16.1. The van der Waals surface area contributed by atoms with Gasteiger partial charge in [0.05, 0.1) is 0 Å². The number of allylic oxidation sites excluding steroid dienone is 1. The van der Waals surface area contributed by atoms with E-state index < -0.39 is 11.6 Å².